The smallest absolute Gasteiger partial charge is 0.408 e. The number of carbonyl (C=O) groups is 4. The Hall–Kier alpha value is -3.69. The highest BCUT2D eigenvalue weighted by molar-refractivity contribution is 7.61. The van der Waals surface area contributed by atoms with Crippen molar-refractivity contribution < 1.29 is 53.6 Å². The van der Waals surface area contributed by atoms with Crippen LogP contribution in [0.1, 0.15) is 41.4 Å². The van der Waals surface area contributed by atoms with E-state index < -0.39 is 64.8 Å². The second kappa shape index (κ2) is 7.51. The summed E-state index contributed by atoms with van der Waals surface area (Å²) in [7, 11) is -4.91. The molecule has 28 heavy (non-hydrogen) atoms. The number of carboxylic acids is 4. The maximum Gasteiger partial charge on any atom is 0.408 e. The Labute approximate surface area is 155 Å². The molecule has 0 aliphatic heterocycles. The summed E-state index contributed by atoms with van der Waals surface area (Å²) in [5.74, 6) is -6.78. The Bertz CT molecular complexity index is 992. The quantitative estimate of drug-likeness (QED) is 0.413. The van der Waals surface area contributed by atoms with E-state index in [2.05, 4.69) is 0 Å². The predicted molar refractivity (Wildman–Crippen MR) is 90.8 cm³/mol. The van der Waals surface area contributed by atoms with Crippen molar-refractivity contribution in [2.24, 2.45) is 0 Å². The topological polar surface area (TPSA) is 196 Å². The standard InChI is InChI=1S/C16H11O11P/c17-13(18)7-1-8(14(19)20)4-11(3-7)27-28(25,26)12-5-9(15(21)22)2-10(6-12)16(23)24/h1-6H,(H,17,18)(H,19,20)(H,21,22)(H,23,24)(H,25,26). The van der Waals surface area contributed by atoms with Gasteiger partial charge in [0.25, 0.3) is 0 Å². The van der Waals surface area contributed by atoms with Gasteiger partial charge < -0.3 is 29.8 Å². The molecule has 0 amide bonds. The van der Waals surface area contributed by atoms with Gasteiger partial charge in [-0.25, -0.2) is 23.7 Å². The number of hydrogen-bond acceptors (Lipinski definition) is 6. The predicted octanol–water partition coefficient (Wildman–Crippen LogP) is 1.37. The molecule has 5 N–H and O–H groups in total. The molecular weight excluding hydrogens is 399 g/mol. The zero-order valence-corrected chi connectivity index (χ0v) is 14.5. The van der Waals surface area contributed by atoms with Crippen molar-refractivity contribution in [2.45, 2.75) is 0 Å². The van der Waals surface area contributed by atoms with E-state index in [9.17, 15) is 28.6 Å². The molecule has 0 aromatic heterocycles. The van der Waals surface area contributed by atoms with Crippen LogP contribution in [0.2, 0.25) is 0 Å². The third-order valence-corrected chi connectivity index (χ3v) is 4.74. The molecule has 0 fully saturated rings. The van der Waals surface area contributed by atoms with Gasteiger partial charge in [0.2, 0.25) is 0 Å². The molecule has 0 radical (unpaired) electrons. The SMILES string of the molecule is O=C(O)c1cc(OP(=O)(O)c2cc(C(=O)O)cc(C(=O)O)c2)cc(C(=O)O)c1. The molecule has 0 spiro atoms. The third kappa shape index (κ3) is 4.53. The van der Waals surface area contributed by atoms with Crippen molar-refractivity contribution in [2.75, 3.05) is 0 Å². The van der Waals surface area contributed by atoms with Crippen molar-refractivity contribution in [3.63, 3.8) is 0 Å². The second-order valence-corrected chi connectivity index (χ2v) is 7.09. The fourth-order valence-electron chi connectivity index (χ4n) is 2.12. The Morgan fingerprint density at radius 3 is 1.29 bits per heavy atom. The Balaban J connectivity index is 2.56. The summed E-state index contributed by atoms with van der Waals surface area (Å²) in [4.78, 5) is 54.6. The summed E-state index contributed by atoms with van der Waals surface area (Å²) in [6.07, 6.45) is 0. The van der Waals surface area contributed by atoms with Gasteiger partial charge in [0, 0.05) is 0 Å². The second-order valence-electron chi connectivity index (χ2n) is 5.35. The zero-order chi connectivity index (χ0) is 21.2. The first-order chi connectivity index (χ1) is 12.9. The molecule has 2 aromatic carbocycles. The van der Waals surface area contributed by atoms with Crippen molar-refractivity contribution in [1.29, 1.82) is 0 Å². The molecule has 0 aliphatic carbocycles. The number of carboxylic acid groups (broad SMARTS) is 4. The molecule has 12 heteroatoms. The monoisotopic (exact) mass is 410 g/mol. The van der Waals surface area contributed by atoms with Gasteiger partial charge in [-0.3, -0.25) is 0 Å². The van der Waals surface area contributed by atoms with Crippen LogP contribution in [0.5, 0.6) is 5.75 Å². The van der Waals surface area contributed by atoms with Gasteiger partial charge in [0.05, 0.1) is 27.6 Å². The van der Waals surface area contributed by atoms with Crippen LogP contribution in [-0.2, 0) is 4.57 Å². The van der Waals surface area contributed by atoms with Crippen LogP contribution in [0.4, 0.5) is 0 Å². The Morgan fingerprint density at radius 2 is 0.964 bits per heavy atom. The summed E-state index contributed by atoms with van der Waals surface area (Å²) >= 11 is 0. The summed E-state index contributed by atoms with van der Waals surface area (Å²) in [5.41, 5.74) is -2.28. The lowest BCUT2D eigenvalue weighted by Gasteiger charge is -2.15. The van der Waals surface area contributed by atoms with Gasteiger partial charge in [-0.05, 0) is 36.4 Å². The van der Waals surface area contributed by atoms with E-state index in [0.29, 0.717) is 12.1 Å². The molecule has 1 unspecified atom stereocenters. The first-order valence-electron chi connectivity index (χ1n) is 7.17. The minimum atomic E-state index is -4.91. The molecule has 0 bridgehead atoms. The summed E-state index contributed by atoms with van der Waals surface area (Å²) in [5, 5.41) is 35.4. The maximum atomic E-state index is 12.5. The van der Waals surface area contributed by atoms with Crippen LogP contribution < -0.4 is 9.83 Å². The minimum Gasteiger partial charge on any atom is -0.478 e. The number of aromatic carboxylic acids is 4. The molecule has 0 saturated heterocycles. The fraction of sp³-hybridized carbons (Fsp3) is 0. The van der Waals surface area contributed by atoms with E-state index in [0.717, 1.165) is 24.3 Å². The molecule has 0 heterocycles. The summed E-state index contributed by atoms with van der Waals surface area (Å²) in [6.45, 7) is 0. The van der Waals surface area contributed by atoms with Crippen LogP contribution in [0.25, 0.3) is 0 Å². The van der Waals surface area contributed by atoms with Crippen LogP contribution >= 0.6 is 7.60 Å². The van der Waals surface area contributed by atoms with Crippen molar-refractivity contribution in [3.05, 3.63) is 58.7 Å². The van der Waals surface area contributed by atoms with Gasteiger partial charge in [-0.2, -0.15) is 0 Å². The molecular formula is C16H11O11P. The molecule has 146 valence electrons. The van der Waals surface area contributed by atoms with Gasteiger partial charge in [0.1, 0.15) is 5.75 Å². The molecule has 1 atom stereocenters. The normalized spacial score (nSPS) is 12.6. The van der Waals surface area contributed by atoms with Crippen LogP contribution in [0.3, 0.4) is 0 Å². The van der Waals surface area contributed by atoms with Gasteiger partial charge in [-0.15, -0.1) is 0 Å². The van der Waals surface area contributed by atoms with E-state index in [4.69, 9.17) is 24.9 Å². The Morgan fingerprint density at radius 1 is 0.643 bits per heavy atom. The van der Waals surface area contributed by atoms with E-state index in [-0.39, 0.29) is 0 Å². The highest BCUT2D eigenvalue weighted by Gasteiger charge is 2.28. The number of hydrogen-bond donors (Lipinski definition) is 5. The first kappa shape index (κ1) is 20.6. The van der Waals surface area contributed by atoms with Crippen LogP contribution in [0.15, 0.2) is 36.4 Å². The molecule has 11 nitrogen and oxygen atoms in total. The average molecular weight is 410 g/mol. The van der Waals surface area contributed by atoms with E-state index in [1.807, 2.05) is 0 Å². The summed E-state index contributed by atoms with van der Waals surface area (Å²) in [6, 6.07) is 4.58. The average Bonchev–Trinajstić information content (AvgIpc) is 2.60. The Kier molecular flexibility index (Phi) is 5.53. The van der Waals surface area contributed by atoms with Crippen molar-refractivity contribution in [3.8, 4) is 5.75 Å². The fourth-order valence-corrected chi connectivity index (χ4v) is 3.22. The third-order valence-electron chi connectivity index (χ3n) is 3.37. The minimum absolute atomic E-state index is 0.541. The molecule has 0 aliphatic rings. The van der Waals surface area contributed by atoms with Gasteiger partial charge >= 0.3 is 31.5 Å². The van der Waals surface area contributed by atoms with E-state index >= 15 is 0 Å². The van der Waals surface area contributed by atoms with Crippen molar-refractivity contribution in [1.82, 2.24) is 0 Å². The van der Waals surface area contributed by atoms with E-state index in [1.165, 1.54) is 0 Å². The highest BCUT2D eigenvalue weighted by atomic mass is 31.2. The maximum absolute atomic E-state index is 12.5. The van der Waals surface area contributed by atoms with Crippen LogP contribution in [-0.4, -0.2) is 49.2 Å². The van der Waals surface area contributed by atoms with E-state index in [1.54, 1.807) is 0 Å². The number of benzene rings is 2. The lowest BCUT2D eigenvalue weighted by Crippen LogP contribution is -2.15. The molecule has 2 aromatic rings. The van der Waals surface area contributed by atoms with Crippen LogP contribution in [0, 0.1) is 0 Å². The largest absolute Gasteiger partial charge is 0.478 e. The number of rotatable bonds is 7. The lowest BCUT2D eigenvalue weighted by molar-refractivity contribution is 0.0676. The van der Waals surface area contributed by atoms with Gasteiger partial charge in [-0.1, -0.05) is 0 Å². The first-order valence-corrected chi connectivity index (χ1v) is 8.75. The molecule has 2 rings (SSSR count). The highest BCUT2D eigenvalue weighted by Crippen LogP contribution is 2.42. The zero-order valence-electron chi connectivity index (χ0n) is 13.6. The lowest BCUT2D eigenvalue weighted by atomic mass is 10.1. The van der Waals surface area contributed by atoms with Crippen molar-refractivity contribution >= 4 is 36.8 Å². The summed E-state index contributed by atoms with van der Waals surface area (Å²) < 4.78 is 17.4. The molecule has 0 saturated carbocycles. The van der Waals surface area contributed by atoms with Gasteiger partial charge in [0.15, 0.2) is 0 Å².